The highest BCUT2D eigenvalue weighted by atomic mass is 35.5. The fraction of sp³-hybridized carbons (Fsp3) is 0.636. The topological polar surface area (TPSA) is 62.2 Å². The van der Waals surface area contributed by atoms with Crippen LogP contribution in [-0.2, 0) is 4.79 Å². The molecule has 0 aromatic carbocycles. The number of hydrogen-bond donors (Lipinski definition) is 2. The standard InChI is InChI=1S/C11H15ClN2O2S/c12-8-6-17-10(14-8)13-7-11(9(15)16)4-2-1-3-5-11/h6H,1-5,7H2,(H,13,14)(H,15,16). The molecule has 4 nitrogen and oxygen atoms in total. The van der Waals surface area contributed by atoms with Gasteiger partial charge in [-0.25, -0.2) is 4.98 Å². The molecule has 1 aliphatic rings. The van der Waals surface area contributed by atoms with E-state index in [0.717, 1.165) is 32.1 Å². The number of hydrogen-bond acceptors (Lipinski definition) is 4. The number of carboxylic acids is 1. The number of aromatic nitrogens is 1. The van der Waals surface area contributed by atoms with Gasteiger partial charge in [0.05, 0.1) is 5.41 Å². The van der Waals surface area contributed by atoms with Crippen LogP contribution in [0.25, 0.3) is 0 Å². The molecule has 6 heteroatoms. The average molecular weight is 275 g/mol. The maximum atomic E-state index is 11.4. The van der Waals surface area contributed by atoms with E-state index in [1.807, 2.05) is 0 Å². The van der Waals surface area contributed by atoms with Crippen molar-refractivity contribution in [2.45, 2.75) is 32.1 Å². The van der Waals surface area contributed by atoms with Crippen LogP contribution in [0.5, 0.6) is 0 Å². The minimum Gasteiger partial charge on any atom is -0.481 e. The van der Waals surface area contributed by atoms with Crippen LogP contribution in [0.3, 0.4) is 0 Å². The summed E-state index contributed by atoms with van der Waals surface area (Å²) >= 11 is 7.12. The van der Waals surface area contributed by atoms with Crippen molar-refractivity contribution in [3.05, 3.63) is 10.5 Å². The molecule has 0 aliphatic heterocycles. The molecule has 0 amide bonds. The number of nitrogens with one attached hydrogen (secondary N) is 1. The minimum atomic E-state index is -0.702. The Morgan fingerprint density at radius 1 is 1.53 bits per heavy atom. The van der Waals surface area contributed by atoms with Gasteiger partial charge in [0.2, 0.25) is 0 Å². The lowest BCUT2D eigenvalue weighted by atomic mass is 9.74. The Balaban J connectivity index is 2.00. The summed E-state index contributed by atoms with van der Waals surface area (Å²) in [6, 6.07) is 0. The Hall–Kier alpha value is -0.810. The molecule has 1 heterocycles. The molecule has 1 aliphatic carbocycles. The van der Waals surface area contributed by atoms with Crippen molar-refractivity contribution < 1.29 is 9.90 Å². The fourth-order valence-electron chi connectivity index (χ4n) is 2.27. The SMILES string of the molecule is O=C(O)C1(CNc2nc(Cl)cs2)CCCCC1. The van der Waals surface area contributed by atoms with Crippen LogP contribution in [0, 0.1) is 5.41 Å². The zero-order valence-electron chi connectivity index (χ0n) is 9.41. The monoisotopic (exact) mass is 274 g/mol. The molecule has 0 saturated heterocycles. The van der Waals surface area contributed by atoms with Crippen LogP contribution in [-0.4, -0.2) is 22.6 Å². The summed E-state index contributed by atoms with van der Waals surface area (Å²) in [7, 11) is 0. The fourth-order valence-corrected chi connectivity index (χ4v) is 3.11. The van der Waals surface area contributed by atoms with Crippen molar-refractivity contribution in [1.82, 2.24) is 4.98 Å². The largest absolute Gasteiger partial charge is 0.481 e. The second-order valence-electron chi connectivity index (χ2n) is 4.48. The Bertz CT molecular complexity index is 402. The second-order valence-corrected chi connectivity index (χ2v) is 5.72. The number of rotatable bonds is 4. The van der Waals surface area contributed by atoms with E-state index in [9.17, 15) is 9.90 Å². The lowest BCUT2D eigenvalue weighted by Crippen LogP contribution is -2.39. The summed E-state index contributed by atoms with van der Waals surface area (Å²) in [6.45, 7) is 0.437. The Labute approximate surface area is 109 Å². The van der Waals surface area contributed by atoms with Gasteiger partial charge in [0.1, 0.15) is 5.15 Å². The van der Waals surface area contributed by atoms with Gasteiger partial charge in [0.25, 0.3) is 0 Å². The molecule has 1 saturated carbocycles. The maximum Gasteiger partial charge on any atom is 0.311 e. The highest BCUT2D eigenvalue weighted by Gasteiger charge is 2.39. The van der Waals surface area contributed by atoms with Gasteiger partial charge in [-0.1, -0.05) is 30.9 Å². The Morgan fingerprint density at radius 2 is 2.24 bits per heavy atom. The van der Waals surface area contributed by atoms with E-state index >= 15 is 0 Å². The Kier molecular flexibility index (Phi) is 3.89. The predicted octanol–water partition coefficient (Wildman–Crippen LogP) is 3.24. The van der Waals surface area contributed by atoms with Crippen molar-refractivity contribution in [3.63, 3.8) is 0 Å². The van der Waals surface area contributed by atoms with E-state index in [2.05, 4.69) is 10.3 Å². The third kappa shape index (κ3) is 2.90. The van der Waals surface area contributed by atoms with E-state index in [-0.39, 0.29) is 0 Å². The normalized spacial score (nSPS) is 18.9. The smallest absolute Gasteiger partial charge is 0.311 e. The summed E-state index contributed by atoms with van der Waals surface area (Å²) < 4.78 is 0. The van der Waals surface area contributed by atoms with E-state index in [0.29, 0.717) is 16.8 Å². The van der Waals surface area contributed by atoms with Crippen LogP contribution in [0.2, 0.25) is 5.15 Å². The van der Waals surface area contributed by atoms with Gasteiger partial charge in [0.15, 0.2) is 5.13 Å². The van der Waals surface area contributed by atoms with Crippen LogP contribution in [0.1, 0.15) is 32.1 Å². The highest BCUT2D eigenvalue weighted by molar-refractivity contribution is 7.14. The summed E-state index contributed by atoms with van der Waals surface area (Å²) in [4.78, 5) is 15.5. The third-order valence-electron chi connectivity index (χ3n) is 3.32. The molecular formula is C11H15ClN2O2S. The Morgan fingerprint density at radius 3 is 2.76 bits per heavy atom. The molecule has 0 bridgehead atoms. The van der Waals surface area contributed by atoms with E-state index in [1.54, 1.807) is 5.38 Å². The first-order valence-corrected chi connectivity index (χ1v) is 6.96. The molecule has 2 rings (SSSR count). The van der Waals surface area contributed by atoms with E-state index < -0.39 is 11.4 Å². The first-order chi connectivity index (χ1) is 8.12. The molecule has 0 spiro atoms. The van der Waals surface area contributed by atoms with Gasteiger partial charge in [0, 0.05) is 11.9 Å². The summed E-state index contributed by atoms with van der Waals surface area (Å²) in [5.41, 5.74) is -0.629. The van der Waals surface area contributed by atoms with Gasteiger partial charge >= 0.3 is 5.97 Å². The number of nitrogens with zero attached hydrogens (tertiary/aromatic N) is 1. The lowest BCUT2D eigenvalue weighted by Gasteiger charge is -2.33. The van der Waals surface area contributed by atoms with Gasteiger partial charge in [-0.2, -0.15) is 0 Å². The summed E-state index contributed by atoms with van der Waals surface area (Å²) in [6.07, 6.45) is 4.61. The number of halogens is 1. The highest BCUT2D eigenvalue weighted by Crippen LogP contribution is 2.37. The predicted molar refractivity (Wildman–Crippen MR) is 68.8 cm³/mol. The molecule has 2 N–H and O–H groups in total. The summed E-state index contributed by atoms with van der Waals surface area (Å²) in [5, 5.41) is 15.4. The third-order valence-corrected chi connectivity index (χ3v) is 4.44. The number of thiazole rings is 1. The maximum absolute atomic E-state index is 11.4. The van der Waals surface area contributed by atoms with Crippen molar-refractivity contribution in [2.24, 2.45) is 5.41 Å². The summed E-state index contributed by atoms with van der Waals surface area (Å²) in [5.74, 6) is -0.702. The number of anilines is 1. The zero-order valence-corrected chi connectivity index (χ0v) is 11.0. The van der Waals surface area contributed by atoms with Crippen molar-refractivity contribution >= 4 is 34.0 Å². The second kappa shape index (κ2) is 5.23. The van der Waals surface area contributed by atoms with E-state index in [4.69, 9.17) is 11.6 Å². The van der Waals surface area contributed by atoms with Crippen LogP contribution >= 0.6 is 22.9 Å². The molecule has 94 valence electrons. The average Bonchev–Trinajstić information content (AvgIpc) is 2.74. The molecule has 1 aromatic heterocycles. The molecule has 0 unspecified atom stereocenters. The zero-order chi connectivity index (χ0) is 12.3. The lowest BCUT2D eigenvalue weighted by molar-refractivity contribution is -0.150. The first-order valence-electron chi connectivity index (χ1n) is 5.71. The molecule has 0 radical (unpaired) electrons. The quantitative estimate of drug-likeness (QED) is 0.885. The number of carboxylic acid groups (broad SMARTS) is 1. The van der Waals surface area contributed by atoms with Gasteiger partial charge in [-0.05, 0) is 12.8 Å². The first kappa shape index (κ1) is 12.6. The molecule has 0 atom stereocenters. The van der Waals surface area contributed by atoms with Crippen LogP contribution in [0.15, 0.2) is 5.38 Å². The van der Waals surface area contributed by atoms with Gasteiger partial charge < -0.3 is 10.4 Å². The van der Waals surface area contributed by atoms with Crippen molar-refractivity contribution in [2.75, 3.05) is 11.9 Å². The van der Waals surface area contributed by atoms with Crippen molar-refractivity contribution in [3.8, 4) is 0 Å². The number of aliphatic carboxylic acids is 1. The van der Waals surface area contributed by atoms with Crippen molar-refractivity contribution in [1.29, 1.82) is 0 Å². The molecule has 1 aromatic rings. The van der Waals surface area contributed by atoms with Crippen LogP contribution < -0.4 is 5.32 Å². The number of carbonyl (C=O) groups is 1. The van der Waals surface area contributed by atoms with Crippen LogP contribution in [0.4, 0.5) is 5.13 Å². The van der Waals surface area contributed by atoms with Gasteiger partial charge in [-0.3, -0.25) is 4.79 Å². The molecule has 1 fully saturated rings. The molecular weight excluding hydrogens is 260 g/mol. The van der Waals surface area contributed by atoms with Gasteiger partial charge in [-0.15, -0.1) is 11.3 Å². The van der Waals surface area contributed by atoms with E-state index in [1.165, 1.54) is 11.3 Å². The molecule has 17 heavy (non-hydrogen) atoms. The minimum absolute atomic E-state index is 0.437.